The van der Waals surface area contributed by atoms with Crippen LogP contribution in [0.1, 0.15) is 24.2 Å². The van der Waals surface area contributed by atoms with E-state index in [0.29, 0.717) is 5.69 Å². The van der Waals surface area contributed by atoms with E-state index in [4.69, 9.17) is 0 Å². The molecule has 1 N–H and O–H groups in total. The summed E-state index contributed by atoms with van der Waals surface area (Å²) < 4.78 is 0. The molecule has 2 atom stereocenters. The van der Waals surface area contributed by atoms with Gasteiger partial charge in [-0.05, 0) is 17.7 Å². The molecule has 6 nitrogen and oxygen atoms in total. The van der Waals surface area contributed by atoms with Gasteiger partial charge in [-0.2, -0.15) is 0 Å². The molecule has 1 aromatic carbocycles. The number of anilines is 1. The van der Waals surface area contributed by atoms with Crippen LogP contribution in [0.3, 0.4) is 0 Å². The van der Waals surface area contributed by atoms with Crippen molar-refractivity contribution < 1.29 is 83.7 Å². The first-order valence-corrected chi connectivity index (χ1v) is 5.66. The first-order valence-electron chi connectivity index (χ1n) is 5.66. The van der Waals surface area contributed by atoms with E-state index in [1.54, 1.807) is 0 Å². The molecular weight excluding hydrogens is 296 g/mol. The van der Waals surface area contributed by atoms with Gasteiger partial charge in [-0.15, -0.1) is 0 Å². The maximum absolute atomic E-state index is 11.7. The fourth-order valence-corrected chi connectivity index (χ4v) is 1.38. The molecule has 1 rings (SSSR count). The van der Waals surface area contributed by atoms with Gasteiger partial charge >= 0.3 is 59.1 Å². The van der Waals surface area contributed by atoms with Crippen molar-refractivity contribution in [1.82, 2.24) is 0 Å². The van der Waals surface area contributed by atoms with Crippen molar-refractivity contribution in [3.05, 3.63) is 29.8 Å². The van der Waals surface area contributed by atoms with Gasteiger partial charge in [0.05, 0.1) is 5.97 Å². The zero-order chi connectivity index (χ0) is 14.6. The Hall–Kier alpha value is -0.370. The number of hydrogen-bond acceptors (Lipinski definition) is 5. The standard InChI is InChI=1S/C13H15NO5.2Na/c1-7(8(2)12(16)17)11(15)14-10-5-3-9(4-6-10)13(18)19;;/h3-8H,1-2H3,(H,14,15)(H,16,17)(H,18,19);;/q;2*+1/p-2. The topological polar surface area (TPSA) is 109 Å². The van der Waals surface area contributed by atoms with Crippen LogP contribution >= 0.6 is 0 Å². The SMILES string of the molecule is CC(C(=O)[O-])C(C)C(=O)Nc1ccc(C(=O)[O-])cc1.[Na+].[Na+]. The van der Waals surface area contributed by atoms with E-state index in [1.165, 1.54) is 38.1 Å². The molecule has 0 aromatic heterocycles. The maximum atomic E-state index is 11.7. The van der Waals surface area contributed by atoms with E-state index in [0.717, 1.165) is 0 Å². The number of nitrogens with one attached hydrogen (secondary N) is 1. The predicted molar refractivity (Wildman–Crippen MR) is 62.7 cm³/mol. The number of aliphatic carboxylic acids is 1. The van der Waals surface area contributed by atoms with Crippen LogP contribution in [0.15, 0.2) is 24.3 Å². The summed E-state index contributed by atoms with van der Waals surface area (Å²) in [5.74, 6) is -4.75. The van der Waals surface area contributed by atoms with Crippen LogP contribution < -0.4 is 74.6 Å². The fraction of sp³-hybridized carbons (Fsp3) is 0.308. The summed E-state index contributed by atoms with van der Waals surface area (Å²) in [6.07, 6.45) is 0. The third-order valence-electron chi connectivity index (χ3n) is 2.92. The third-order valence-corrected chi connectivity index (χ3v) is 2.92. The van der Waals surface area contributed by atoms with Gasteiger partial charge in [0.1, 0.15) is 0 Å². The average molecular weight is 309 g/mol. The minimum absolute atomic E-state index is 0. The summed E-state index contributed by atoms with van der Waals surface area (Å²) in [4.78, 5) is 32.9. The summed E-state index contributed by atoms with van der Waals surface area (Å²) in [7, 11) is 0. The maximum Gasteiger partial charge on any atom is 1.00 e. The van der Waals surface area contributed by atoms with E-state index >= 15 is 0 Å². The number of benzene rings is 1. The van der Waals surface area contributed by atoms with Crippen molar-refractivity contribution in [3.8, 4) is 0 Å². The van der Waals surface area contributed by atoms with Gasteiger partial charge in [-0.1, -0.05) is 26.0 Å². The molecule has 0 aliphatic heterocycles. The molecule has 0 radical (unpaired) electrons. The molecule has 0 saturated heterocycles. The van der Waals surface area contributed by atoms with Gasteiger partial charge in [-0.25, -0.2) is 0 Å². The predicted octanol–water partition coefficient (Wildman–Crippen LogP) is -6.98. The number of carbonyl (C=O) groups excluding carboxylic acids is 3. The van der Waals surface area contributed by atoms with Gasteiger partial charge in [0.2, 0.25) is 5.91 Å². The first kappa shape index (κ1) is 22.9. The van der Waals surface area contributed by atoms with Gasteiger partial charge in [0.15, 0.2) is 0 Å². The molecule has 0 fully saturated rings. The monoisotopic (exact) mass is 309 g/mol. The largest absolute Gasteiger partial charge is 1.00 e. The second-order valence-corrected chi connectivity index (χ2v) is 4.25. The van der Waals surface area contributed by atoms with Crippen molar-refractivity contribution in [2.24, 2.45) is 11.8 Å². The number of aromatic carboxylic acids is 1. The molecule has 0 saturated carbocycles. The molecule has 0 heterocycles. The molecule has 0 aliphatic carbocycles. The van der Waals surface area contributed by atoms with Gasteiger partial charge < -0.3 is 25.1 Å². The molecule has 21 heavy (non-hydrogen) atoms. The summed E-state index contributed by atoms with van der Waals surface area (Å²) in [6.45, 7) is 2.87. The average Bonchev–Trinajstić information content (AvgIpc) is 2.37. The van der Waals surface area contributed by atoms with Crippen molar-refractivity contribution in [3.63, 3.8) is 0 Å². The van der Waals surface area contributed by atoms with Gasteiger partial charge in [0, 0.05) is 23.5 Å². The molecule has 1 amide bonds. The number of rotatable bonds is 5. The second kappa shape index (κ2) is 10.4. The third kappa shape index (κ3) is 6.95. The summed E-state index contributed by atoms with van der Waals surface area (Å²) in [5, 5.41) is 23.7. The van der Waals surface area contributed by atoms with Crippen LogP contribution in [0.25, 0.3) is 0 Å². The Kier molecular flexibility index (Phi) is 11.3. The smallest absolute Gasteiger partial charge is 0.550 e. The number of amides is 1. The zero-order valence-corrected chi connectivity index (χ0v) is 16.5. The van der Waals surface area contributed by atoms with E-state index < -0.39 is 29.7 Å². The van der Waals surface area contributed by atoms with E-state index in [-0.39, 0.29) is 64.7 Å². The number of hydrogen-bond donors (Lipinski definition) is 1. The summed E-state index contributed by atoms with van der Waals surface area (Å²) in [5.41, 5.74) is 0.376. The van der Waals surface area contributed by atoms with Crippen molar-refractivity contribution in [2.45, 2.75) is 13.8 Å². The minimum atomic E-state index is -1.31. The molecule has 8 heteroatoms. The second-order valence-electron chi connectivity index (χ2n) is 4.25. The molecule has 0 aliphatic rings. The Bertz CT molecular complexity index is 504. The van der Waals surface area contributed by atoms with E-state index in [2.05, 4.69) is 5.32 Å². The van der Waals surface area contributed by atoms with Crippen molar-refractivity contribution in [2.75, 3.05) is 5.32 Å². The Morgan fingerprint density at radius 1 is 0.952 bits per heavy atom. The van der Waals surface area contributed by atoms with Crippen LogP contribution in [-0.2, 0) is 9.59 Å². The Morgan fingerprint density at radius 2 is 1.43 bits per heavy atom. The minimum Gasteiger partial charge on any atom is -0.550 e. The normalized spacial score (nSPS) is 12.1. The van der Waals surface area contributed by atoms with Crippen molar-refractivity contribution in [1.29, 1.82) is 0 Å². The molecule has 0 bridgehead atoms. The van der Waals surface area contributed by atoms with Crippen LogP contribution in [0.5, 0.6) is 0 Å². The fourth-order valence-electron chi connectivity index (χ4n) is 1.38. The first-order chi connectivity index (χ1) is 8.82. The number of carboxylic acid groups (broad SMARTS) is 2. The Morgan fingerprint density at radius 3 is 1.81 bits per heavy atom. The number of carbonyl (C=O) groups is 3. The van der Waals surface area contributed by atoms with E-state index in [9.17, 15) is 24.6 Å². The van der Waals surface area contributed by atoms with Gasteiger partial charge in [-0.3, -0.25) is 4.79 Å². The molecule has 102 valence electrons. The molecular formula is C13H13NNa2O5. The van der Waals surface area contributed by atoms with Crippen LogP contribution in [0, 0.1) is 11.8 Å². The molecule has 0 spiro atoms. The zero-order valence-electron chi connectivity index (χ0n) is 12.5. The van der Waals surface area contributed by atoms with E-state index in [1.807, 2.05) is 0 Å². The van der Waals surface area contributed by atoms with Gasteiger partial charge in [0.25, 0.3) is 0 Å². The van der Waals surface area contributed by atoms with Crippen molar-refractivity contribution >= 4 is 23.5 Å². The van der Waals surface area contributed by atoms with Crippen LogP contribution in [0.2, 0.25) is 0 Å². The van der Waals surface area contributed by atoms with Crippen LogP contribution in [-0.4, -0.2) is 17.8 Å². The Balaban J connectivity index is 0. The molecule has 1 aromatic rings. The quantitative estimate of drug-likeness (QED) is 0.544. The summed E-state index contributed by atoms with van der Waals surface area (Å²) in [6, 6.07) is 5.38. The summed E-state index contributed by atoms with van der Waals surface area (Å²) >= 11 is 0. The Labute approximate surface area is 166 Å². The number of carboxylic acids is 2. The molecule has 2 unspecified atom stereocenters. The van der Waals surface area contributed by atoms with Crippen LogP contribution in [0.4, 0.5) is 5.69 Å².